The van der Waals surface area contributed by atoms with Crippen LogP contribution in [0.25, 0.3) is 0 Å². The number of nitrogens with zero attached hydrogens (tertiary/aromatic N) is 3. The van der Waals surface area contributed by atoms with E-state index in [1.165, 1.54) is 6.42 Å². The van der Waals surface area contributed by atoms with Crippen LogP contribution in [0.4, 0.5) is 11.4 Å². The highest BCUT2D eigenvalue weighted by Gasteiger charge is 2.33. The zero-order chi connectivity index (χ0) is 25.0. The third-order valence-corrected chi connectivity index (χ3v) is 9.14. The molecule has 3 aromatic rings. The van der Waals surface area contributed by atoms with Crippen LogP contribution in [0.1, 0.15) is 43.4 Å². The number of rotatable bonds is 7. The van der Waals surface area contributed by atoms with Gasteiger partial charge in [-0.25, -0.2) is 13.4 Å². The van der Waals surface area contributed by atoms with Gasteiger partial charge in [0.1, 0.15) is 4.90 Å². The van der Waals surface area contributed by atoms with E-state index in [0.717, 1.165) is 36.9 Å². The second kappa shape index (κ2) is 10.8. The Kier molecular flexibility index (Phi) is 7.38. The summed E-state index contributed by atoms with van der Waals surface area (Å²) < 4.78 is 29.1. The predicted molar refractivity (Wildman–Crippen MR) is 140 cm³/mol. The number of hydrogen-bond acceptors (Lipinski definition) is 5. The molecule has 1 aliphatic heterocycles. The van der Waals surface area contributed by atoms with E-state index in [4.69, 9.17) is 0 Å². The normalized spacial score (nSPS) is 18.4. The Balaban J connectivity index is 1.43. The number of nitrogens with one attached hydrogen (secondary N) is 2. The number of H-pyrrole nitrogens is 1. The lowest BCUT2D eigenvalue weighted by Crippen LogP contribution is -2.36. The number of aromatic nitrogens is 2. The van der Waals surface area contributed by atoms with Gasteiger partial charge in [-0.15, -0.1) is 0 Å². The molecule has 2 heterocycles. The summed E-state index contributed by atoms with van der Waals surface area (Å²) in [6.45, 7) is 1.81. The lowest BCUT2D eigenvalue weighted by Gasteiger charge is -2.25. The van der Waals surface area contributed by atoms with E-state index in [9.17, 15) is 13.2 Å². The molecule has 9 heteroatoms. The second-order valence-electron chi connectivity index (χ2n) is 9.64. The number of aromatic amines is 1. The zero-order valence-electron chi connectivity index (χ0n) is 20.4. The molecule has 0 radical (unpaired) electrons. The van der Waals surface area contributed by atoms with Crippen LogP contribution < -0.4 is 10.2 Å². The van der Waals surface area contributed by atoms with Gasteiger partial charge in [0.15, 0.2) is 0 Å². The summed E-state index contributed by atoms with van der Waals surface area (Å²) in [5.74, 6) is 0.0478. The molecule has 8 nitrogen and oxygen atoms in total. The maximum atomic E-state index is 13.8. The Bertz CT molecular complexity index is 1270. The summed E-state index contributed by atoms with van der Waals surface area (Å²) in [7, 11) is -3.71. The van der Waals surface area contributed by atoms with Crippen LogP contribution in [0.2, 0.25) is 0 Å². The first-order chi connectivity index (χ1) is 17.5. The Labute approximate surface area is 212 Å². The molecule has 5 rings (SSSR count). The van der Waals surface area contributed by atoms with Crippen molar-refractivity contribution in [3.05, 3.63) is 72.3 Å². The van der Waals surface area contributed by atoms with Gasteiger partial charge < -0.3 is 15.2 Å². The quantitative estimate of drug-likeness (QED) is 0.500. The minimum atomic E-state index is -3.71. The van der Waals surface area contributed by atoms with Crippen LogP contribution in [0.15, 0.2) is 66.0 Å². The molecule has 1 aromatic heterocycles. The first-order valence-electron chi connectivity index (χ1n) is 12.7. The summed E-state index contributed by atoms with van der Waals surface area (Å²) in [4.78, 5) is 22.4. The average molecular weight is 508 g/mol. The molecule has 1 saturated carbocycles. The summed E-state index contributed by atoms with van der Waals surface area (Å²) in [6.07, 6.45) is 9.18. The van der Waals surface area contributed by atoms with E-state index >= 15 is 0 Å². The molecule has 0 saturated heterocycles. The van der Waals surface area contributed by atoms with Gasteiger partial charge in [-0.3, -0.25) is 4.79 Å². The maximum absolute atomic E-state index is 13.8. The Morgan fingerprint density at radius 2 is 1.86 bits per heavy atom. The molecule has 2 aromatic carbocycles. The second-order valence-corrected chi connectivity index (χ2v) is 11.6. The smallest absolute Gasteiger partial charge is 0.245 e. The number of fused-ring (bicyclic) bond motifs is 1. The molecule has 0 unspecified atom stereocenters. The minimum absolute atomic E-state index is 0.0238. The van der Waals surface area contributed by atoms with Crippen molar-refractivity contribution >= 4 is 27.3 Å². The third-order valence-electron chi connectivity index (χ3n) is 7.19. The topological polar surface area (TPSA) is 98.4 Å². The molecular weight excluding hydrogens is 474 g/mol. The highest BCUT2D eigenvalue weighted by molar-refractivity contribution is 7.89. The van der Waals surface area contributed by atoms with Crippen LogP contribution in [-0.2, 0) is 27.8 Å². The van der Waals surface area contributed by atoms with Crippen molar-refractivity contribution in [1.82, 2.24) is 14.3 Å². The molecule has 0 spiro atoms. The third kappa shape index (κ3) is 5.47. The van der Waals surface area contributed by atoms with Gasteiger partial charge >= 0.3 is 0 Å². The fourth-order valence-corrected chi connectivity index (χ4v) is 6.78. The van der Waals surface area contributed by atoms with Gasteiger partial charge in [0.05, 0.1) is 24.3 Å². The first-order valence-corrected chi connectivity index (χ1v) is 14.2. The molecule has 0 bridgehead atoms. The first kappa shape index (κ1) is 24.5. The molecule has 0 atom stereocenters. The lowest BCUT2D eigenvalue weighted by atomic mass is 9.88. The monoisotopic (exact) mass is 507 g/mol. The van der Waals surface area contributed by atoms with Gasteiger partial charge in [0.2, 0.25) is 15.9 Å². The van der Waals surface area contributed by atoms with Crippen LogP contribution in [0.5, 0.6) is 0 Å². The number of carbonyl (C=O) groups is 1. The van der Waals surface area contributed by atoms with Crippen molar-refractivity contribution < 1.29 is 13.2 Å². The van der Waals surface area contributed by atoms with Gasteiger partial charge in [0.25, 0.3) is 0 Å². The van der Waals surface area contributed by atoms with Crippen molar-refractivity contribution in [3.8, 4) is 0 Å². The predicted octanol–water partition coefficient (Wildman–Crippen LogP) is 4.18. The number of amides is 1. The Morgan fingerprint density at radius 3 is 2.61 bits per heavy atom. The van der Waals surface area contributed by atoms with Crippen LogP contribution in [0, 0.1) is 5.92 Å². The number of carbonyl (C=O) groups excluding carboxylic acids is 1. The molecule has 36 heavy (non-hydrogen) atoms. The summed E-state index contributed by atoms with van der Waals surface area (Å²) >= 11 is 0. The lowest BCUT2D eigenvalue weighted by molar-refractivity contribution is -0.120. The van der Waals surface area contributed by atoms with Crippen molar-refractivity contribution in [3.63, 3.8) is 0 Å². The summed E-state index contributed by atoms with van der Waals surface area (Å²) in [6, 6.07) is 15.1. The largest absolute Gasteiger partial charge is 0.363 e. The fourth-order valence-electron chi connectivity index (χ4n) is 5.15. The number of hydrogen-bond donors (Lipinski definition) is 2. The van der Waals surface area contributed by atoms with Gasteiger partial charge in [-0.1, -0.05) is 49.6 Å². The van der Waals surface area contributed by atoms with Gasteiger partial charge in [-0.05, 0) is 43.0 Å². The highest BCUT2D eigenvalue weighted by atomic mass is 32.2. The fraction of sp³-hybridized carbons (Fsp3) is 0.407. The van der Waals surface area contributed by atoms with Crippen LogP contribution >= 0.6 is 0 Å². The maximum Gasteiger partial charge on any atom is 0.245 e. The molecule has 1 fully saturated rings. The van der Waals surface area contributed by atoms with E-state index in [0.29, 0.717) is 44.0 Å². The molecule has 190 valence electrons. The number of sulfonamides is 1. The molecule has 1 amide bonds. The van der Waals surface area contributed by atoms with Gasteiger partial charge in [0, 0.05) is 37.4 Å². The summed E-state index contributed by atoms with van der Waals surface area (Å²) in [5.41, 5.74) is 3.24. The average Bonchev–Trinajstić information content (AvgIpc) is 3.39. The highest BCUT2D eigenvalue weighted by Crippen LogP contribution is 2.35. The van der Waals surface area contributed by atoms with Crippen LogP contribution in [-0.4, -0.2) is 48.2 Å². The van der Waals surface area contributed by atoms with Crippen molar-refractivity contribution in [2.45, 2.75) is 50.0 Å². The van der Waals surface area contributed by atoms with Crippen molar-refractivity contribution in [2.24, 2.45) is 5.92 Å². The minimum Gasteiger partial charge on any atom is -0.363 e. The number of imidazole rings is 1. The van der Waals surface area contributed by atoms with E-state index in [1.807, 2.05) is 36.4 Å². The standard InChI is InChI=1S/C27H33N5O3S/c33-27(22-9-5-2-6-10-22)30-23-11-12-26-25(17-23)31(19-24-18-28-20-29-24)15-16-32(36(26,34)35)14-13-21-7-3-1-4-8-21/h1,3-4,7-8,11-12,17-18,20,22H,2,5-6,9-10,13-16,19H2,(H,28,29)(H,30,33). The number of anilines is 2. The van der Waals surface area contributed by atoms with E-state index < -0.39 is 10.0 Å². The molecule has 2 N–H and O–H groups in total. The summed E-state index contributed by atoms with van der Waals surface area (Å²) in [5, 5.41) is 3.05. The molecular formula is C27H33N5O3S. The molecule has 1 aliphatic carbocycles. The van der Waals surface area contributed by atoms with E-state index in [1.54, 1.807) is 29.0 Å². The SMILES string of the molecule is O=C(Nc1ccc2c(c1)N(Cc1cnc[nH]1)CCN(CCc1ccccc1)S2(=O)=O)C1CCCCC1. The Hall–Kier alpha value is -3.17. The Morgan fingerprint density at radius 1 is 1.06 bits per heavy atom. The van der Waals surface area contributed by atoms with Crippen LogP contribution in [0.3, 0.4) is 0 Å². The molecule has 2 aliphatic rings. The van der Waals surface area contributed by atoms with Gasteiger partial charge in [-0.2, -0.15) is 4.31 Å². The van der Waals surface area contributed by atoms with Crippen molar-refractivity contribution in [2.75, 3.05) is 29.9 Å². The number of benzene rings is 2. The van der Waals surface area contributed by atoms with E-state index in [2.05, 4.69) is 20.2 Å². The zero-order valence-corrected chi connectivity index (χ0v) is 21.2. The van der Waals surface area contributed by atoms with Crippen molar-refractivity contribution in [1.29, 1.82) is 0 Å². The van der Waals surface area contributed by atoms with E-state index in [-0.39, 0.29) is 16.7 Å².